The van der Waals surface area contributed by atoms with Crippen molar-refractivity contribution in [1.29, 1.82) is 0 Å². The summed E-state index contributed by atoms with van der Waals surface area (Å²) >= 11 is -0.226. The fraction of sp³-hybridized carbons (Fsp3) is 0.100. The molecule has 0 N–H and O–H groups in total. The summed E-state index contributed by atoms with van der Waals surface area (Å²) in [5, 5.41) is 0. The Labute approximate surface area is 102 Å². The van der Waals surface area contributed by atoms with Crippen molar-refractivity contribution < 1.29 is 15.1 Å². The van der Waals surface area contributed by atoms with Crippen LogP contribution in [-0.4, -0.2) is 0 Å². The Kier molecular flexibility index (Phi) is 111. The van der Waals surface area contributed by atoms with Crippen molar-refractivity contribution in [2.24, 2.45) is 0 Å². The van der Waals surface area contributed by atoms with Gasteiger partial charge in [0.2, 0.25) is 0 Å². The van der Waals surface area contributed by atoms with Crippen LogP contribution in [0.3, 0.4) is 0 Å². The molecule has 1 rings (SSSR count). The zero-order valence-corrected chi connectivity index (χ0v) is 12.2. The van der Waals surface area contributed by atoms with Crippen LogP contribution in [-0.2, 0) is 15.1 Å². The third kappa shape index (κ3) is 44.8. The Morgan fingerprint density at radius 2 is 1.38 bits per heavy atom. The van der Waals surface area contributed by atoms with Crippen molar-refractivity contribution in [2.75, 3.05) is 0 Å². The van der Waals surface area contributed by atoms with E-state index < -0.39 is 0 Å². The molecule has 0 spiro atoms. The molecule has 3 heteroatoms. The van der Waals surface area contributed by atoms with E-state index in [1.54, 1.807) is 0 Å². The molecular formula is C10H20Cl2Rh-6. The zero-order valence-electron chi connectivity index (χ0n) is 9.03. The summed E-state index contributed by atoms with van der Waals surface area (Å²) in [6.07, 6.45) is 10.0. The first kappa shape index (κ1) is 37.3. The standard InChI is InChI=1S/C5H5.5CH3.2ClH.Rh/c1-2-4-5-3-1;;;;;;;;/h1-3H,4H2;5*1H3;2*1H;/q6*-1;;;+2/p-2. The van der Waals surface area contributed by atoms with E-state index in [0.29, 0.717) is 0 Å². The van der Waals surface area contributed by atoms with E-state index in [4.69, 9.17) is 19.4 Å². The van der Waals surface area contributed by atoms with Crippen molar-refractivity contribution in [3.05, 3.63) is 61.4 Å². The molecule has 0 aliphatic heterocycles. The molecule has 0 radical (unpaired) electrons. The summed E-state index contributed by atoms with van der Waals surface area (Å²) in [5.41, 5.74) is 0. The van der Waals surface area contributed by atoms with Gasteiger partial charge in [0, 0.05) is 0 Å². The summed E-state index contributed by atoms with van der Waals surface area (Å²) in [4.78, 5) is 0. The van der Waals surface area contributed by atoms with Crippen LogP contribution in [0, 0.1) is 43.2 Å². The quantitative estimate of drug-likeness (QED) is 0.439. The Morgan fingerprint density at radius 3 is 1.46 bits per heavy atom. The van der Waals surface area contributed by atoms with Gasteiger partial charge in [-0.1, -0.05) is 0 Å². The van der Waals surface area contributed by atoms with Gasteiger partial charge in [-0.3, -0.25) is 6.08 Å². The second kappa shape index (κ2) is 38.8. The predicted octanol–water partition coefficient (Wildman–Crippen LogP) is 4.93. The summed E-state index contributed by atoms with van der Waals surface area (Å²) < 4.78 is 0. The third-order valence-electron chi connectivity index (χ3n) is 0.586. The minimum absolute atomic E-state index is 0. The normalized spacial score (nSPS) is 8.46. The Morgan fingerprint density at radius 1 is 1.00 bits per heavy atom. The van der Waals surface area contributed by atoms with Crippen molar-refractivity contribution in [3.63, 3.8) is 0 Å². The molecule has 0 atom stereocenters. The van der Waals surface area contributed by atoms with Crippen molar-refractivity contribution in [1.82, 2.24) is 0 Å². The summed E-state index contributed by atoms with van der Waals surface area (Å²) in [6, 6.07) is 0. The van der Waals surface area contributed by atoms with Gasteiger partial charge in [0.25, 0.3) is 0 Å². The minimum atomic E-state index is -0.226. The van der Waals surface area contributed by atoms with E-state index in [1.165, 1.54) is 0 Å². The Balaban J connectivity index is -0.0000000144. The fourth-order valence-electron chi connectivity index (χ4n) is 0.340. The number of halogens is 2. The number of hydrogen-bond acceptors (Lipinski definition) is 0. The summed E-state index contributed by atoms with van der Waals surface area (Å²) in [6.45, 7) is 0. The van der Waals surface area contributed by atoms with Crippen molar-refractivity contribution >= 4 is 19.4 Å². The Hall–Kier alpha value is 0.683. The molecule has 0 amide bonds. The van der Waals surface area contributed by atoms with Crippen LogP contribution in [0.4, 0.5) is 0 Å². The van der Waals surface area contributed by atoms with E-state index in [2.05, 4.69) is 12.2 Å². The summed E-state index contributed by atoms with van der Waals surface area (Å²) in [5.74, 6) is 0. The molecule has 13 heavy (non-hydrogen) atoms. The number of hydrogen-bond donors (Lipinski definition) is 0. The molecule has 0 fully saturated rings. The summed E-state index contributed by atoms with van der Waals surface area (Å²) in [7, 11) is 9.67. The Bertz CT molecular complexity index is 80.9. The zero-order chi connectivity index (χ0) is 6.24. The first-order valence-corrected chi connectivity index (χ1v) is 6.19. The van der Waals surface area contributed by atoms with Gasteiger partial charge in [-0.05, 0) is 0 Å². The van der Waals surface area contributed by atoms with E-state index in [-0.39, 0.29) is 52.3 Å². The van der Waals surface area contributed by atoms with Gasteiger partial charge in [-0.25, -0.2) is 12.2 Å². The average molecular weight is 314 g/mol. The van der Waals surface area contributed by atoms with Gasteiger partial charge >= 0.3 is 34.5 Å². The van der Waals surface area contributed by atoms with Crippen LogP contribution in [0.15, 0.2) is 18.2 Å². The molecule has 0 bridgehead atoms. The molecule has 0 aromatic heterocycles. The van der Waals surface area contributed by atoms with Crippen LogP contribution in [0.25, 0.3) is 0 Å². The predicted molar refractivity (Wildman–Crippen MR) is 65.3 cm³/mol. The van der Waals surface area contributed by atoms with Crippen LogP contribution < -0.4 is 0 Å². The van der Waals surface area contributed by atoms with E-state index in [1.807, 2.05) is 12.2 Å². The van der Waals surface area contributed by atoms with Gasteiger partial charge in [-0.2, -0.15) is 6.08 Å². The fourth-order valence-corrected chi connectivity index (χ4v) is 0.340. The molecular weight excluding hydrogens is 294 g/mol. The SMILES string of the molecule is [C-]1=CC=CC1.[CH3-].[CH3-].[CH3-].[CH3-].[CH3-].[Cl][Rh][Cl]. The van der Waals surface area contributed by atoms with E-state index in [0.717, 1.165) is 6.42 Å². The second-order valence-electron chi connectivity index (χ2n) is 1.05. The topological polar surface area (TPSA) is 0 Å². The second-order valence-corrected chi connectivity index (χ2v) is 3.54. The van der Waals surface area contributed by atoms with Gasteiger partial charge in [0.05, 0.1) is 0 Å². The molecule has 0 saturated heterocycles. The molecule has 0 heterocycles. The maximum absolute atomic E-state index is 4.83. The maximum atomic E-state index is 4.83. The van der Waals surface area contributed by atoms with Gasteiger partial charge in [-0.15, -0.1) is 6.42 Å². The molecule has 1 aliphatic rings. The van der Waals surface area contributed by atoms with Crippen LogP contribution >= 0.6 is 19.4 Å². The first-order chi connectivity index (χ1) is 3.91. The molecule has 0 unspecified atom stereocenters. The van der Waals surface area contributed by atoms with Crippen LogP contribution in [0.5, 0.6) is 0 Å². The number of allylic oxidation sites excluding steroid dienone is 4. The van der Waals surface area contributed by atoms with Crippen molar-refractivity contribution in [3.8, 4) is 0 Å². The first-order valence-electron chi connectivity index (χ1n) is 1.97. The molecule has 0 nitrogen and oxygen atoms in total. The number of rotatable bonds is 0. The molecule has 0 aromatic rings. The van der Waals surface area contributed by atoms with Crippen LogP contribution in [0.1, 0.15) is 6.42 Å². The molecule has 0 saturated carbocycles. The molecule has 1 aliphatic carbocycles. The van der Waals surface area contributed by atoms with E-state index >= 15 is 0 Å². The van der Waals surface area contributed by atoms with E-state index in [9.17, 15) is 0 Å². The average Bonchev–Trinajstić information content (AvgIpc) is 2.17. The molecule has 89 valence electrons. The molecule has 0 aromatic carbocycles. The van der Waals surface area contributed by atoms with Gasteiger partial charge in [0.1, 0.15) is 0 Å². The van der Waals surface area contributed by atoms with Gasteiger partial charge < -0.3 is 37.1 Å². The third-order valence-corrected chi connectivity index (χ3v) is 0.586. The van der Waals surface area contributed by atoms with Crippen molar-refractivity contribution in [2.45, 2.75) is 6.42 Å². The van der Waals surface area contributed by atoms with Crippen LogP contribution in [0.2, 0.25) is 0 Å². The monoisotopic (exact) mass is 313 g/mol. The van der Waals surface area contributed by atoms with Gasteiger partial charge in [0.15, 0.2) is 0 Å².